The second-order valence-corrected chi connectivity index (χ2v) is 6.06. The first kappa shape index (κ1) is 12.1. The summed E-state index contributed by atoms with van der Waals surface area (Å²) in [6, 6.07) is 16.5. The molecule has 0 unspecified atom stereocenters. The van der Waals surface area contributed by atoms with Crippen molar-refractivity contribution >= 4 is 49.9 Å². The quantitative estimate of drug-likeness (QED) is 0.421. The number of benzene rings is 2. The first-order chi connectivity index (χ1) is 11.8. The van der Waals surface area contributed by atoms with Crippen molar-refractivity contribution in [3.8, 4) is 0 Å². The molecule has 2 aromatic carbocycles. The normalized spacial score (nSPS) is 12.4. The van der Waals surface area contributed by atoms with E-state index < -0.39 is 0 Å². The number of hydrogen-bond acceptors (Lipinski definition) is 3. The zero-order valence-corrected chi connectivity index (χ0v) is 12.9. The minimum Gasteiger partial charge on any atom is -0.435 e. The third-order valence-corrected chi connectivity index (χ3v) is 4.81. The highest BCUT2D eigenvalue weighted by atomic mass is 16.3. The van der Waals surface area contributed by atoms with E-state index in [1.807, 2.05) is 25.2 Å². The molecule has 5 heteroatoms. The van der Waals surface area contributed by atoms with Crippen molar-refractivity contribution in [2.45, 2.75) is 0 Å². The molecule has 114 valence electrons. The molecule has 5 nitrogen and oxygen atoms in total. The number of fused-ring (bicyclic) bond motifs is 9. The van der Waals surface area contributed by atoms with E-state index in [1.165, 1.54) is 0 Å². The summed E-state index contributed by atoms with van der Waals surface area (Å²) in [6.45, 7) is 0. The lowest BCUT2D eigenvalue weighted by Gasteiger charge is -1.95. The molecule has 0 bridgehead atoms. The average molecular weight is 312 g/mol. The summed E-state index contributed by atoms with van der Waals surface area (Å²) in [7, 11) is 2.04. The van der Waals surface area contributed by atoms with Gasteiger partial charge < -0.3 is 8.98 Å². The van der Waals surface area contributed by atoms with Crippen molar-refractivity contribution in [2.24, 2.45) is 7.05 Å². The lowest BCUT2D eigenvalue weighted by atomic mass is 10.2. The maximum Gasteiger partial charge on any atom is 0.227 e. The number of rotatable bonds is 0. The summed E-state index contributed by atoms with van der Waals surface area (Å²) >= 11 is 0. The standard InChI is InChI=1S/C19H12N4O/c1-22-13-6-2-3-7-14(13)23-15-9-8-11-12-5-4-10-20-18(12)24-17(11)16(15)21-19(22)23/h2-10H,1H3. The zero-order valence-electron chi connectivity index (χ0n) is 12.9. The maximum absolute atomic E-state index is 6.02. The number of imidazole rings is 2. The predicted molar refractivity (Wildman–Crippen MR) is 94.2 cm³/mol. The van der Waals surface area contributed by atoms with E-state index in [-0.39, 0.29) is 0 Å². The summed E-state index contributed by atoms with van der Waals surface area (Å²) in [5, 5.41) is 2.08. The van der Waals surface area contributed by atoms with E-state index in [0.717, 1.165) is 44.2 Å². The topological polar surface area (TPSA) is 48.3 Å². The molecular formula is C19H12N4O. The molecule has 6 rings (SSSR count). The van der Waals surface area contributed by atoms with Crippen molar-refractivity contribution in [3.05, 3.63) is 54.7 Å². The maximum atomic E-state index is 6.02. The van der Waals surface area contributed by atoms with Crippen LogP contribution in [0.2, 0.25) is 0 Å². The van der Waals surface area contributed by atoms with E-state index in [9.17, 15) is 0 Å². The first-order valence-electron chi connectivity index (χ1n) is 7.85. The van der Waals surface area contributed by atoms with Gasteiger partial charge in [-0.15, -0.1) is 0 Å². The van der Waals surface area contributed by atoms with Crippen LogP contribution in [0.15, 0.2) is 59.1 Å². The van der Waals surface area contributed by atoms with Crippen molar-refractivity contribution in [3.63, 3.8) is 0 Å². The number of nitrogens with zero attached hydrogens (tertiary/aromatic N) is 4. The van der Waals surface area contributed by atoms with Gasteiger partial charge in [-0.05, 0) is 36.4 Å². The highest BCUT2D eigenvalue weighted by molar-refractivity contribution is 6.13. The smallest absolute Gasteiger partial charge is 0.227 e. The molecule has 4 heterocycles. The molecule has 0 saturated carbocycles. The molecule has 0 aliphatic heterocycles. The lowest BCUT2D eigenvalue weighted by Crippen LogP contribution is -1.87. The van der Waals surface area contributed by atoms with Crippen molar-refractivity contribution in [1.29, 1.82) is 0 Å². The van der Waals surface area contributed by atoms with Gasteiger partial charge in [-0.1, -0.05) is 12.1 Å². The Morgan fingerprint density at radius 1 is 0.875 bits per heavy atom. The number of aryl methyl sites for hydroxylation is 1. The fourth-order valence-corrected chi connectivity index (χ4v) is 3.70. The number of hydrogen-bond donors (Lipinski definition) is 0. The minimum atomic E-state index is 0.655. The van der Waals surface area contributed by atoms with E-state index in [2.05, 4.69) is 44.3 Å². The van der Waals surface area contributed by atoms with Gasteiger partial charge >= 0.3 is 0 Å². The van der Waals surface area contributed by atoms with Gasteiger partial charge in [0.05, 0.1) is 16.6 Å². The molecule has 24 heavy (non-hydrogen) atoms. The van der Waals surface area contributed by atoms with Gasteiger partial charge in [0.15, 0.2) is 5.58 Å². The molecular weight excluding hydrogens is 300 g/mol. The minimum absolute atomic E-state index is 0.655. The van der Waals surface area contributed by atoms with Crippen LogP contribution in [0.3, 0.4) is 0 Å². The Kier molecular flexibility index (Phi) is 1.99. The summed E-state index contributed by atoms with van der Waals surface area (Å²) in [5.41, 5.74) is 5.69. The molecule has 0 N–H and O–H groups in total. The molecule has 4 aromatic heterocycles. The Hall–Kier alpha value is -3.34. The second-order valence-electron chi connectivity index (χ2n) is 6.06. The molecule has 6 aromatic rings. The molecule has 0 amide bonds. The highest BCUT2D eigenvalue weighted by Crippen LogP contribution is 2.34. The fraction of sp³-hybridized carbons (Fsp3) is 0.0526. The number of para-hydroxylation sites is 2. The van der Waals surface area contributed by atoms with Gasteiger partial charge in [-0.2, -0.15) is 0 Å². The molecule has 0 fully saturated rings. The fourth-order valence-electron chi connectivity index (χ4n) is 3.70. The van der Waals surface area contributed by atoms with Gasteiger partial charge in [0.2, 0.25) is 11.5 Å². The van der Waals surface area contributed by atoms with E-state index in [4.69, 9.17) is 9.40 Å². The van der Waals surface area contributed by atoms with Crippen LogP contribution < -0.4 is 0 Å². The largest absolute Gasteiger partial charge is 0.435 e. The molecule has 0 aliphatic rings. The third kappa shape index (κ3) is 1.27. The van der Waals surface area contributed by atoms with Gasteiger partial charge in [-0.25, -0.2) is 9.97 Å². The lowest BCUT2D eigenvalue weighted by molar-refractivity contribution is 0.657. The summed E-state index contributed by atoms with van der Waals surface area (Å²) in [4.78, 5) is 9.21. The molecule has 0 radical (unpaired) electrons. The van der Waals surface area contributed by atoms with Gasteiger partial charge in [0.1, 0.15) is 5.52 Å². The van der Waals surface area contributed by atoms with Gasteiger partial charge in [-0.3, -0.25) is 4.40 Å². The Morgan fingerprint density at radius 2 is 1.75 bits per heavy atom. The number of furan rings is 1. The zero-order chi connectivity index (χ0) is 15.8. The molecule has 0 saturated heterocycles. The third-order valence-electron chi connectivity index (χ3n) is 4.81. The van der Waals surface area contributed by atoms with Crippen LogP contribution in [0.1, 0.15) is 0 Å². The van der Waals surface area contributed by atoms with E-state index in [1.54, 1.807) is 6.20 Å². The number of aromatic nitrogens is 4. The van der Waals surface area contributed by atoms with Crippen LogP contribution in [0, 0.1) is 0 Å². The monoisotopic (exact) mass is 312 g/mol. The highest BCUT2D eigenvalue weighted by Gasteiger charge is 2.18. The predicted octanol–water partition coefficient (Wildman–Crippen LogP) is 4.27. The van der Waals surface area contributed by atoms with Gasteiger partial charge in [0, 0.05) is 24.0 Å². The summed E-state index contributed by atoms with van der Waals surface area (Å²) in [5.74, 6) is 0.909. The van der Waals surface area contributed by atoms with Crippen LogP contribution in [0.5, 0.6) is 0 Å². The molecule has 0 atom stereocenters. The SMILES string of the molecule is Cn1c2ccccc2n2c3ccc4c5cccnc5oc4c3nc12. The Balaban J connectivity index is 1.91. The van der Waals surface area contributed by atoms with Crippen molar-refractivity contribution < 1.29 is 4.42 Å². The average Bonchev–Trinajstić information content (AvgIpc) is 3.26. The van der Waals surface area contributed by atoms with Crippen LogP contribution in [0.4, 0.5) is 0 Å². The summed E-state index contributed by atoms with van der Waals surface area (Å²) < 4.78 is 10.3. The van der Waals surface area contributed by atoms with Crippen LogP contribution in [0.25, 0.3) is 49.9 Å². The van der Waals surface area contributed by atoms with E-state index in [0.29, 0.717) is 5.71 Å². The van der Waals surface area contributed by atoms with Crippen LogP contribution in [-0.2, 0) is 7.05 Å². The van der Waals surface area contributed by atoms with Crippen molar-refractivity contribution in [2.75, 3.05) is 0 Å². The Bertz CT molecular complexity index is 1420. The number of pyridine rings is 1. The molecule has 0 spiro atoms. The second kappa shape index (κ2) is 3.94. The molecule has 0 aliphatic carbocycles. The van der Waals surface area contributed by atoms with Crippen molar-refractivity contribution in [1.82, 2.24) is 18.9 Å². The van der Waals surface area contributed by atoms with Gasteiger partial charge in [0.25, 0.3) is 0 Å². The Labute approximate surface area is 135 Å². The van der Waals surface area contributed by atoms with Crippen LogP contribution >= 0.6 is 0 Å². The van der Waals surface area contributed by atoms with Crippen LogP contribution in [-0.4, -0.2) is 18.9 Å². The van der Waals surface area contributed by atoms with E-state index >= 15 is 0 Å². The Morgan fingerprint density at radius 3 is 2.67 bits per heavy atom. The first-order valence-corrected chi connectivity index (χ1v) is 7.85. The summed E-state index contributed by atoms with van der Waals surface area (Å²) in [6.07, 6.45) is 1.75.